The maximum absolute atomic E-state index is 12.6. The molecule has 4 aromatic rings. The molecule has 0 amide bonds. The number of carbonyl (C=O) groups is 1. The van der Waals surface area contributed by atoms with E-state index in [1.165, 1.54) is 23.7 Å². The molecule has 0 aliphatic rings. The van der Waals surface area contributed by atoms with Gasteiger partial charge in [-0.1, -0.05) is 25.5 Å². The second kappa shape index (κ2) is 8.17. The number of thiazole rings is 1. The Kier molecular flexibility index (Phi) is 5.29. The molecule has 0 radical (unpaired) electrons. The van der Waals surface area contributed by atoms with Gasteiger partial charge in [-0.3, -0.25) is 0 Å². The van der Waals surface area contributed by atoms with Crippen molar-refractivity contribution in [2.75, 3.05) is 0 Å². The van der Waals surface area contributed by atoms with Crippen LogP contribution in [0.1, 0.15) is 36.1 Å². The first kappa shape index (κ1) is 18.1. The first-order chi connectivity index (χ1) is 13.8. The summed E-state index contributed by atoms with van der Waals surface area (Å²) in [5.74, 6) is -0.0976. The Hall–Kier alpha value is -3.27. The minimum atomic E-state index is -0.590. The number of nitrogens with zero attached hydrogens (tertiary/aromatic N) is 7. The van der Waals surface area contributed by atoms with Crippen molar-refractivity contribution in [1.29, 1.82) is 0 Å². The molecule has 10 heteroatoms. The minimum Gasteiger partial charge on any atom is -0.453 e. The number of aromatic nitrogens is 7. The fraction of sp³-hybridized carbons (Fsp3) is 0.278. The number of esters is 1. The summed E-state index contributed by atoms with van der Waals surface area (Å²) in [5, 5.41) is 12.1. The molecule has 0 bridgehead atoms. The Morgan fingerprint density at radius 3 is 2.93 bits per heavy atom. The zero-order valence-corrected chi connectivity index (χ0v) is 16.0. The topological polar surface area (TPSA) is 109 Å². The average molecular weight is 395 g/mol. The molecule has 142 valence electrons. The SMILES string of the molecule is CCCCn1nnnc1COC(=O)c1nccnc1-c1nc2ccccc2s1. The quantitative estimate of drug-likeness (QED) is 0.440. The van der Waals surface area contributed by atoms with Crippen LogP contribution in [0.25, 0.3) is 20.9 Å². The van der Waals surface area contributed by atoms with Gasteiger partial charge in [0.2, 0.25) is 0 Å². The van der Waals surface area contributed by atoms with Crippen molar-refractivity contribution in [1.82, 2.24) is 35.2 Å². The van der Waals surface area contributed by atoms with Crippen LogP contribution in [0.3, 0.4) is 0 Å². The molecule has 0 atom stereocenters. The lowest BCUT2D eigenvalue weighted by molar-refractivity contribution is 0.0450. The Labute approximate surface area is 164 Å². The molecule has 9 nitrogen and oxygen atoms in total. The Morgan fingerprint density at radius 2 is 2.07 bits per heavy atom. The zero-order chi connectivity index (χ0) is 19.3. The number of hydrogen-bond donors (Lipinski definition) is 0. The summed E-state index contributed by atoms with van der Waals surface area (Å²) in [6, 6.07) is 7.75. The Balaban J connectivity index is 1.55. The minimum absolute atomic E-state index is 0.0363. The summed E-state index contributed by atoms with van der Waals surface area (Å²) >= 11 is 1.45. The number of hydrogen-bond acceptors (Lipinski definition) is 9. The van der Waals surface area contributed by atoms with Crippen LogP contribution in [0.2, 0.25) is 0 Å². The van der Waals surface area contributed by atoms with Gasteiger partial charge < -0.3 is 4.74 Å². The molecule has 28 heavy (non-hydrogen) atoms. The van der Waals surface area contributed by atoms with E-state index in [9.17, 15) is 4.79 Å². The Bertz CT molecular complexity index is 1070. The highest BCUT2D eigenvalue weighted by atomic mass is 32.1. The van der Waals surface area contributed by atoms with Crippen molar-refractivity contribution in [3.63, 3.8) is 0 Å². The third kappa shape index (κ3) is 3.72. The molecular formula is C18H17N7O2S. The summed E-state index contributed by atoms with van der Waals surface area (Å²) in [4.78, 5) is 25.7. The van der Waals surface area contributed by atoms with Crippen LogP contribution in [0.5, 0.6) is 0 Å². The van der Waals surface area contributed by atoms with Crippen molar-refractivity contribution >= 4 is 27.5 Å². The van der Waals surface area contributed by atoms with E-state index in [1.54, 1.807) is 4.68 Å². The Morgan fingerprint density at radius 1 is 1.21 bits per heavy atom. The molecule has 0 unspecified atom stereocenters. The van der Waals surface area contributed by atoms with Gasteiger partial charge in [0.05, 0.1) is 10.2 Å². The summed E-state index contributed by atoms with van der Waals surface area (Å²) in [6.07, 6.45) is 4.95. The van der Waals surface area contributed by atoms with E-state index < -0.39 is 5.97 Å². The molecular weight excluding hydrogens is 378 g/mol. The predicted octanol–water partition coefficient (Wildman–Crippen LogP) is 2.90. The van der Waals surface area contributed by atoms with Gasteiger partial charge in [-0.05, 0) is 29.0 Å². The summed E-state index contributed by atoms with van der Waals surface area (Å²) < 4.78 is 8.05. The van der Waals surface area contributed by atoms with Crippen LogP contribution in [-0.4, -0.2) is 41.1 Å². The van der Waals surface area contributed by atoms with E-state index in [0.717, 1.165) is 23.1 Å². The third-order valence-corrected chi connectivity index (χ3v) is 5.09. The lowest BCUT2D eigenvalue weighted by Gasteiger charge is -2.07. The van der Waals surface area contributed by atoms with E-state index in [4.69, 9.17) is 4.74 Å². The molecule has 4 rings (SSSR count). The van der Waals surface area contributed by atoms with Crippen LogP contribution in [-0.2, 0) is 17.9 Å². The maximum Gasteiger partial charge on any atom is 0.359 e. The first-order valence-electron chi connectivity index (χ1n) is 8.85. The molecule has 1 aromatic carbocycles. The van der Waals surface area contributed by atoms with Gasteiger partial charge in [0, 0.05) is 18.9 Å². The van der Waals surface area contributed by atoms with Crippen molar-refractivity contribution in [3.05, 3.63) is 48.2 Å². The number of unbranched alkanes of at least 4 members (excludes halogenated alkanes) is 1. The van der Waals surface area contributed by atoms with Crippen LogP contribution in [0.15, 0.2) is 36.7 Å². The second-order valence-corrected chi connectivity index (χ2v) is 7.02. The smallest absolute Gasteiger partial charge is 0.359 e. The van der Waals surface area contributed by atoms with Gasteiger partial charge >= 0.3 is 5.97 Å². The molecule has 0 aliphatic carbocycles. The van der Waals surface area contributed by atoms with E-state index in [2.05, 4.69) is 37.4 Å². The van der Waals surface area contributed by atoms with Crippen molar-refractivity contribution in [3.8, 4) is 10.7 Å². The van der Waals surface area contributed by atoms with Gasteiger partial charge in [0.25, 0.3) is 0 Å². The van der Waals surface area contributed by atoms with Gasteiger partial charge in [-0.2, -0.15) is 0 Å². The third-order valence-electron chi connectivity index (χ3n) is 4.05. The number of aryl methyl sites for hydroxylation is 1. The van der Waals surface area contributed by atoms with E-state index >= 15 is 0 Å². The zero-order valence-electron chi connectivity index (χ0n) is 15.1. The summed E-state index contributed by atoms with van der Waals surface area (Å²) in [5.41, 5.74) is 1.37. The van der Waals surface area contributed by atoms with Crippen LogP contribution < -0.4 is 0 Å². The normalized spacial score (nSPS) is 11.0. The van der Waals surface area contributed by atoms with E-state index in [0.29, 0.717) is 23.1 Å². The standard InChI is InChI=1S/C18H17N7O2S/c1-2-3-10-25-14(22-23-24-25)11-27-18(26)16-15(19-8-9-20-16)17-21-12-6-4-5-7-13(12)28-17/h4-9H,2-3,10-11H2,1H3. The monoisotopic (exact) mass is 395 g/mol. The van der Waals surface area contributed by atoms with E-state index in [1.807, 2.05) is 24.3 Å². The lowest BCUT2D eigenvalue weighted by atomic mass is 10.3. The number of fused-ring (bicyclic) bond motifs is 1. The molecule has 0 N–H and O–H groups in total. The molecule has 0 spiro atoms. The van der Waals surface area contributed by atoms with Crippen molar-refractivity contribution in [2.45, 2.75) is 32.9 Å². The van der Waals surface area contributed by atoms with Crippen molar-refractivity contribution in [2.24, 2.45) is 0 Å². The first-order valence-corrected chi connectivity index (χ1v) is 9.67. The number of tetrazole rings is 1. The molecule has 0 fully saturated rings. The van der Waals surface area contributed by atoms with Gasteiger partial charge in [-0.25, -0.2) is 24.4 Å². The van der Waals surface area contributed by atoms with E-state index in [-0.39, 0.29) is 12.3 Å². The second-order valence-electron chi connectivity index (χ2n) is 5.99. The number of carbonyl (C=O) groups excluding carboxylic acids is 1. The summed E-state index contributed by atoms with van der Waals surface area (Å²) in [7, 11) is 0. The molecule has 3 aromatic heterocycles. The van der Waals surface area contributed by atoms with Crippen LogP contribution in [0.4, 0.5) is 0 Å². The van der Waals surface area contributed by atoms with Gasteiger partial charge in [0.1, 0.15) is 10.7 Å². The van der Waals surface area contributed by atoms with Crippen molar-refractivity contribution < 1.29 is 9.53 Å². The lowest BCUT2D eigenvalue weighted by Crippen LogP contribution is -2.13. The molecule has 0 aliphatic heterocycles. The maximum atomic E-state index is 12.6. The number of benzene rings is 1. The highest BCUT2D eigenvalue weighted by Crippen LogP contribution is 2.30. The largest absolute Gasteiger partial charge is 0.453 e. The molecule has 3 heterocycles. The van der Waals surface area contributed by atoms with Gasteiger partial charge in [-0.15, -0.1) is 16.4 Å². The van der Waals surface area contributed by atoms with Gasteiger partial charge in [0.15, 0.2) is 18.1 Å². The number of para-hydroxylation sites is 1. The highest BCUT2D eigenvalue weighted by molar-refractivity contribution is 7.21. The fourth-order valence-corrected chi connectivity index (χ4v) is 3.59. The fourth-order valence-electron chi connectivity index (χ4n) is 2.62. The van der Waals surface area contributed by atoms with Crippen LogP contribution in [0, 0.1) is 0 Å². The predicted molar refractivity (Wildman–Crippen MR) is 102 cm³/mol. The highest BCUT2D eigenvalue weighted by Gasteiger charge is 2.21. The number of rotatable bonds is 7. The summed E-state index contributed by atoms with van der Waals surface area (Å²) in [6.45, 7) is 2.73. The van der Waals surface area contributed by atoms with Crippen LogP contribution >= 0.6 is 11.3 Å². The molecule has 0 saturated carbocycles. The number of ether oxygens (including phenoxy) is 1. The average Bonchev–Trinajstić information content (AvgIpc) is 3.36. The molecule has 0 saturated heterocycles.